The first-order valence-corrected chi connectivity index (χ1v) is 6.33. The van der Waals surface area contributed by atoms with Crippen LogP contribution in [0, 0.1) is 5.92 Å². The second-order valence-electron chi connectivity index (χ2n) is 3.94. The minimum atomic E-state index is 0.158. The Morgan fingerprint density at radius 2 is 2.20 bits per heavy atom. The third-order valence-corrected chi connectivity index (χ3v) is 4.08. The highest BCUT2D eigenvalue weighted by Crippen LogP contribution is 2.28. The molecule has 0 aliphatic carbocycles. The number of rotatable bonds is 6. The molecule has 0 saturated carbocycles. The predicted molar refractivity (Wildman–Crippen MR) is 66.3 cm³/mol. The fourth-order valence-corrected chi connectivity index (χ4v) is 2.62. The van der Waals surface area contributed by atoms with Crippen LogP contribution in [0.1, 0.15) is 36.1 Å². The van der Waals surface area contributed by atoms with E-state index in [9.17, 15) is 0 Å². The first-order valence-electron chi connectivity index (χ1n) is 5.52. The molecule has 2 atom stereocenters. The summed E-state index contributed by atoms with van der Waals surface area (Å²) in [7, 11) is 1.73. The van der Waals surface area contributed by atoms with Crippen LogP contribution >= 0.6 is 11.3 Å². The lowest BCUT2D eigenvalue weighted by Gasteiger charge is -2.18. The maximum Gasteiger partial charge on any atom is 0.0465 e. The number of hydrogen-bond donors (Lipinski definition) is 1. The van der Waals surface area contributed by atoms with Crippen LogP contribution in [0.4, 0.5) is 0 Å². The van der Waals surface area contributed by atoms with Gasteiger partial charge in [0.15, 0.2) is 0 Å². The fraction of sp³-hybridized carbons (Fsp3) is 0.667. The van der Waals surface area contributed by atoms with Crippen molar-refractivity contribution < 1.29 is 4.74 Å². The minimum absolute atomic E-state index is 0.158. The summed E-state index contributed by atoms with van der Waals surface area (Å²) in [6.45, 7) is 5.16. The van der Waals surface area contributed by atoms with Crippen molar-refractivity contribution in [3.8, 4) is 0 Å². The van der Waals surface area contributed by atoms with E-state index in [1.54, 1.807) is 7.11 Å². The van der Waals surface area contributed by atoms with E-state index in [4.69, 9.17) is 10.5 Å². The highest BCUT2D eigenvalue weighted by molar-refractivity contribution is 7.12. The quantitative estimate of drug-likeness (QED) is 0.811. The molecule has 0 aliphatic heterocycles. The van der Waals surface area contributed by atoms with Gasteiger partial charge in [-0.1, -0.05) is 13.8 Å². The summed E-state index contributed by atoms with van der Waals surface area (Å²) in [5, 5.41) is 0. The zero-order chi connectivity index (χ0) is 11.3. The van der Waals surface area contributed by atoms with Gasteiger partial charge in [-0.25, -0.2) is 0 Å². The Balaban J connectivity index is 2.54. The summed E-state index contributed by atoms with van der Waals surface area (Å²) in [4.78, 5) is 2.72. The molecular weight excluding hydrogens is 206 g/mol. The van der Waals surface area contributed by atoms with E-state index < -0.39 is 0 Å². The van der Waals surface area contributed by atoms with Gasteiger partial charge in [0.05, 0.1) is 0 Å². The molecular formula is C12H21NOS. The molecule has 0 fully saturated rings. The maximum absolute atomic E-state index is 6.20. The Morgan fingerprint density at radius 1 is 1.47 bits per heavy atom. The molecule has 3 heteroatoms. The van der Waals surface area contributed by atoms with Crippen molar-refractivity contribution in [2.75, 3.05) is 13.7 Å². The average Bonchev–Trinajstić information content (AvgIpc) is 2.73. The molecule has 0 aromatic carbocycles. The summed E-state index contributed by atoms with van der Waals surface area (Å²) in [6.07, 6.45) is 2.13. The highest BCUT2D eigenvalue weighted by Gasteiger charge is 2.16. The van der Waals surface area contributed by atoms with Crippen LogP contribution in [-0.4, -0.2) is 13.7 Å². The Kier molecular flexibility index (Phi) is 5.29. The van der Waals surface area contributed by atoms with Gasteiger partial charge in [-0.3, -0.25) is 0 Å². The van der Waals surface area contributed by atoms with Crippen LogP contribution in [0.2, 0.25) is 0 Å². The molecule has 0 spiro atoms. The van der Waals surface area contributed by atoms with Gasteiger partial charge >= 0.3 is 0 Å². The van der Waals surface area contributed by atoms with Crippen molar-refractivity contribution in [2.24, 2.45) is 11.7 Å². The monoisotopic (exact) mass is 227 g/mol. The lowest BCUT2D eigenvalue weighted by molar-refractivity contribution is 0.175. The van der Waals surface area contributed by atoms with Crippen LogP contribution < -0.4 is 5.73 Å². The van der Waals surface area contributed by atoms with Crippen molar-refractivity contribution in [3.05, 3.63) is 21.9 Å². The van der Waals surface area contributed by atoms with Gasteiger partial charge in [0.1, 0.15) is 0 Å². The second-order valence-corrected chi connectivity index (χ2v) is 5.14. The Hall–Kier alpha value is -0.380. The minimum Gasteiger partial charge on any atom is -0.385 e. The number of methoxy groups -OCH3 is 1. The fourth-order valence-electron chi connectivity index (χ4n) is 1.53. The largest absolute Gasteiger partial charge is 0.385 e. The van der Waals surface area contributed by atoms with Crippen molar-refractivity contribution in [1.82, 2.24) is 0 Å². The Bertz CT molecular complexity index is 285. The molecule has 2 unspecified atom stereocenters. The molecule has 86 valence electrons. The molecule has 15 heavy (non-hydrogen) atoms. The third kappa shape index (κ3) is 3.59. The standard InChI is InChI=1S/C12H21NOS/c1-4-10-5-6-11(15-10)12(13)9(2)7-8-14-3/h5-6,9,12H,4,7-8,13H2,1-3H3. The van der Waals surface area contributed by atoms with Gasteiger partial charge in [-0.05, 0) is 30.9 Å². The van der Waals surface area contributed by atoms with E-state index in [-0.39, 0.29) is 6.04 Å². The van der Waals surface area contributed by atoms with E-state index in [0.717, 1.165) is 19.4 Å². The molecule has 1 rings (SSSR count). The third-order valence-electron chi connectivity index (χ3n) is 2.75. The van der Waals surface area contributed by atoms with Crippen LogP contribution in [0.5, 0.6) is 0 Å². The van der Waals surface area contributed by atoms with E-state index in [2.05, 4.69) is 26.0 Å². The number of hydrogen-bond acceptors (Lipinski definition) is 3. The number of thiophene rings is 1. The molecule has 0 radical (unpaired) electrons. The van der Waals surface area contributed by atoms with Crippen LogP contribution in [0.3, 0.4) is 0 Å². The molecule has 1 heterocycles. The van der Waals surface area contributed by atoms with E-state index in [1.807, 2.05) is 11.3 Å². The highest BCUT2D eigenvalue weighted by atomic mass is 32.1. The maximum atomic E-state index is 6.20. The first kappa shape index (κ1) is 12.7. The topological polar surface area (TPSA) is 35.2 Å². The molecule has 0 bridgehead atoms. The molecule has 0 aliphatic rings. The smallest absolute Gasteiger partial charge is 0.0465 e. The SMILES string of the molecule is CCc1ccc(C(N)C(C)CCOC)s1. The number of nitrogens with two attached hydrogens (primary N) is 1. The molecule has 1 aromatic rings. The van der Waals surface area contributed by atoms with Crippen molar-refractivity contribution in [2.45, 2.75) is 32.7 Å². The van der Waals surface area contributed by atoms with Crippen LogP contribution in [0.15, 0.2) is 12.1 Å². The van der Waals surface area contributed by atoms with Gasteiger partial charge in [0.25, 0.3) is 0 Å². The number of aryl methyl sites for hydroxylation is 1. The summed E-state index contributed by atoms with van der Waals surface area (Å²) in [5.41, 5.74) is 6.20. The first-order chi connectivity index (χ1) is 7.19. The molecule has 1 aromatic heterocycles. The van der Waals surface area contributed by atoms with Gasteiger partial charge in [-0.15, -0.1) is 11.3 Å². The number of ether oxygens (including phenoxy) is 1. The Morgan fingerprint density at radius 3 is 2.73 bits per heavy atom. The summed E-state index contributed by atoms with van der Waals surface area (Å²) in [5.74, 6) is 0.480. The summed E-state index contributed by atoms with van der Waals surface area (Å²) >= 11 is 1.84. The van der Waals surface area contributed by atoms with Gasteiger partial charge in [-0.2, -0.15) is 0 Å². The summed E-state index contributed by atoms with van der Waals surface area (Å²) in [6, 6.07) is 4.51. The molecule has 0 amide bonds. The van der Waals surface area contributed by atoms with Crippen molar-refractivity contribution in [1.29, 1.82) is 0 Å². The predicted octanol–water partition coefficient (Wildman–Crippen LogP) is 2.98. The van der Waals surface area contributed by atoms with Gasteiger partial charge in [0.2, 0.25) is 0 Å². The zero-order valence-electron chi connectivity index (χ0n) is 9.82. The second kappa shape index (κ2) is 6.26. The normalized spacial score (nSPS) is 15.2. The van der Waals surface area contributed by atoms with E-state index in [1.165, 1.54) is 9.75 Å². The van der Waals surface area contributed by atoms with Gasteiger partial charge < -0.3 is 10.5 Å². The summed E-state index contributed by atoms with van der Waals surface area (Å²) < 4.78 is 5.07. The van der Waals surface area contributed by atoms with Crippen LogP contribution in [0.25, 0.3) is 0 Å². The van der Waals surface area contributed by atoms with Crippen molar-refractivity contribution >= 4 is 11.3 Å². The van der Waals surface area contributed by atoms with E-state index >= 15 is 0 Å². The lowest BCUT2D eigenvalue weighted by atomic mass is 9.98. The van der Waals surface area contributed by atoms with E-state index in [0.29, 0.717) is 5.92 Å². The zero-order valence-corrected chi connectivity index (χ0v) is 10.6. The average molecular weight is 227 g/mol. The molecule has 2 nitrogen and oxygen atoms in total. The molecule has 0 saturated heterocycles. The van der Waals surface area contributed by atoms with Gasteiger partial charge in [0, 0.05) is 29.5 Å². The van der Waals surface area contributed by atoms with Crippen LogP contribution in [-0.2, 0) is 11.2 Å². The lowest BCUT2D eigenvalue weighted by Crippen LogP contribution is -2.19. The van der Waals surface area contributed by atoms with Crippen molar-refractivity contribution in [3.63, 3.8) is 0 Å². The Labute approximate surface area is 96.4 Å². The molecule has 2 N–H and O–H groups in total.